The first-order valence-electron chi connectivity index (χ1n) is 6.94. The Morgan fingerprint density at radius 2 is 1.12 bits per heavy atom. The van der Waals surface area contributed by atoms with Gasteiger partial charge >= 0.3 is 0 Å². The van der Waals surface area contributed by atoms with E-state index in [1.807, 2.05) is 0 Å². The Morgan fingerprint density at radius 1 is 0.750 bits per heavy atom. The van der Waals surface area contributed by atoms with Gasteiger partial charge in [-0.15, -0.1) is 23.2 Å². The van der Waals surface area contributed by atoms with Gasteiger partial charge < -0.3 is 0 Å². The molecule has 0 heterocycles. The first-order valence-corrected chi connectivity index (χ1v) is 9.52. The molecule has 2 aromatic carbocycles. The van der Waals surface area contributed by atoms with Gasteiger partial charge in [-0.25, -0.2) is 0 Å². The highest BCUT2D eigenvalue weighted by molar-refractivity contribution is 6.36. The molecule has 0 aliphatic heterocycles. The van der Waals surface area contributed by atoms with E-state index in [9.17, 15) is 4.79 Å². The molecule has 7 heteroatoms. The lowest BCUT2D eigenvalue weighted by atomic mass is 9.85. The third kappa shape index (κ3) is 4.52. The van der Waals surface area contributed by atoms with Crippen LogP contribution in [-0.2, 0) is 4.79 Å². The number of hydrogen-bond acceptors (Lipinski definition) is 1. The van der Waals surface area contributed by atoms with E-state index in [1.54, 1.807) is 36.4 Å². The van der Waals surface area contributed by atoms with Crippen molar-refractivity contribution in [2.24, 2.45) is 0 Å². The molecule has 2 rings (SSSR count). The molecule has 0 saturated heterocycles. The molecule has 0 fully saturated rings. The van der Waals surface area contributed by atoms with Crippen molar-refractivity contribution in [3.63, 3.8) is 0 Å². The minimum atomic E-state index is -0.619. The van der Waals surface area contributed by atoms with Crippen LogP contribution in [0.15, 0.2) is 36.4 Å². The Morgan fingerprint density at radius 3 is 1.42 bits per heavy atom. The maximum absolute atomic E-state index is 13.0. The summed E-state index contributed by atoms with van der Waals surface area (Å²) in [6.07, 6.45) is 0. The van der Waals surface area contributed by atoms with E-state index in [1.165, 1.54) is 0 Å². The summed E-state index contributed by atoms with van der Waals surface area (Å²) in [5.74, 6) is -1.26. The van der Waals surface area contributed by atoms with Gasteiger partial charge in [-0.3, -0.25) is 4.79 Å². The third-order valence-corrected chi connectivity index (χ3v) is 5.41. The highest BCUT2D eigenvalue weighted by Gasteiger charge is 2.31. The van der Waals surface area contributed by atoms with Crippen molar-refractivity contribution in [2.45, 2.75) is 11.8 Å². The highest BCUT2D eigenvalue weighted by Crippen LogP contribution is 2.36. The first kappa shape index (κ1) is 20.2. The molecular weight excluding hydrogens is 433 g/mol. The SMILES string of the molecule is O=C(C(CCl)c1ccc(Cl)cc1Cl)C(CCl)c1ccc(Cl)cc1Cl. The van der Waals surface area contributed by atoms with Crippen molar-refractivity contribution in [1.29, 1.82) is 0 Å². The second-order valence-corrected chi connectivity index (χ2v) is 7.45. The molecule has 0 aliphatic carbocycles. The van der Waals surface area contributed by atoms with Gasteiger partial charge in [-0.2, -0.15) is 0 Å². The van der Waals surface area contributed by atoms with Crippen molar-refractivity contribution < 1.29 is 4.79 Å². The van der Waals surface area contributed by atoms with Gasteiger partial charge in [0.2, 0.25) is 0 Å². The fourth-order valence-corrected chi connectivity index (χ4v) is 4.15. The second kappa shape index (κ2) is 8.98. The lowest BCUT2D eigenvalue weighted by Crippen LogP contribution is -2.24. The fourth-order valence-electron chi connectivity index (χ4n) is 2.44. The van der Waals surface area contributed by atoms with E-state index >= 15 is 0 Å². The molecule has 1 nitrogen and oxygen atoms in total. The van der Waals surface area contributed by atoms with E-state index in [4.69, 9.17) is 69.6 Å². The molecule has 24 heavy (non-hydrogen) atoms. The summed E-state index contributed by atoms with van der Waals surface area (Å²) in [4.78, 5) is 13.0. The Labute approximate surface area is 170 Å². The molecule has 0 amide bonds. The summed E-state index contributed by atoms with van der Waals surface area (Å²) < 4.78 is 0. The number of ketones is 1. The zero-order valence-electron chi connectivity index (χ0n) is 12.2. The Bertz CT molecular complexity index is 684. The average Bonchev–Trinajstić information content (AvgIpc) is 2.52. The standard InChI is InChI=1S/C17H12Cl6O/c18-7-13(11-3-1-9(20)5-15(11)22)17(24)14(8-19)12-4-2-10(21)6-16(12)23/h1-6,13-14H,7-8H2. The molecule has 0 aromatic heterocycles. The largest absolute Gasteiger partial charge is 0.298 e. The number of benzene rings is 2. The molecule has 2 aromatic rings. The van der Waals surface area contributed by atoms with Crippen molar-refractivity contribution in [3.05, 3.63) is 67.6 Å². The van der Waals surface area contributed by atoms with Crippen LogP contribution in [0, 0.1) is 0 Å². The quantitative estimate of drug-likeness (QED) is 0.430. The predicted molar refractivity (Wildman–Crippen MR) is 105 cm³/mol. The van der Waals surface area contributed by atoms with E-state index in [-0.39, 0.29) is 17.5 Å². The number of alkyl halides is 2. The van der Waals surface area contributed by atoms with Crippen LogP contribution in [0.25, 0.3) is 0 Å². The number of Topliss-reactive ketones (excluding diaryl/α,β-unsaturated/α-hetero) is 1. The summed E-state index contributed by atoms with van der Waals surface area (Å²) in [6, 6.07) is 9.89. The molecule has 0 radical (unpaired) electrons. The van der Waals surface area contributed by atoms with Gasteiger partial charge in [0, 0.05) is 31.9 Å². The fraction of sp³-hybridized carbons (Fsp3) is 0.235. The number of carbonyl (C=O) groups excluding carboxylic acids is 1. The van der Waals surface area contributed by atoms with Gasteiger partial charge in [0.1, 0.15) is 5.78 Å². The van der Waals surface area contributed by atoms with Crippen molar-refractivity contribution >= 4 is 75.4 Å². The molecule has 2 unspecified atom stereocenters. The first-order chi connectivity index (χ1) is 11.4. The third-order valence-electron chi connectivity index (χ3n) is 3.67. The predicted octanol–water partition coefficient (Wildman–Crippen LogP) is 7.21. The minimum Gasteiger partial charge on any atom is -0.298 e. The number of carbonyl (C=O) groups is 1. The van der Waals surface area contributed by atoms with Crippen LogP contribution in [0.1, 0.15) is 23.0 Å². The van der Waals surface area contributed by atoms with Crippen LogP contribution >= 0.6 is 69.6 Å². The summed E-state index contributed by atoms with van der Waals surface area (Å²) in [6.45, 7) is 0. The number of rotatable bonds is 6. The summed E-state index contributed by atoms with van der Waals surface area (Å²) >= 11 is 36.4. The Balaban J connectivity index is 2.41. The van der Waals surface area contributed by atoms with E-state index in [0.29, 0.717) is 31.2 Å². The highest BCUT2D eigenvalue weighted by atomic mass is 35.5. The molecular formula is C17H12Cl6O. The maximum atomic E-state index is 13.0. The summed E-state index contributed by atoms with van der Waals surface area (Å²) in [7, 11) is 0. The van der Waals surface area contributed by atoms with Gasteiger partial charge in [0.05, 0.1) is 11.8 Å². The van der Waals surface area contributed by atoms with Crippen LogP contribution in [0.2, 0.25) is 20.1 Å². The lowest BCUT2D eigenvalue weighted by molar-refractivity contribution is -0.121. The molecule has 0 spiro atoms. The molecule has 0 N–H and O–H groups in total. The van der Waals surface area contributed by atoms with Crippen molar-refractivity contribution in [1.82, 2.24) is 0 Å². The molecule has 0 aliphatic rings. The summed E-state index contributed by atoms with van der Waals surface area (Å²) in [5, 5.41) is 1.74. The van der Waals surface area contributed by atoms with E-state index in [2.05, 4.69) is 0 Å². The topological polar surface area (TPSA) is 17.1 Å². The van der Waals surface area contributed by atoms with E-state index in [0.717, 1.165) is 0 Å². The molecule has 0 saturated carbocycles. The van der Waals surface area contributed by atoms with Gasteiger partial charge in [0.15, 0.2) is 0 Å². The maximum Gasteiger partial charge on any atom is 0.150 e. The lowest BCUT2D eigenvalue weighted by Gasteiger charge is -2.22. The molecule has 0 bridgehead atoms. The number of halogens is 6. The van der Waals surface area contributed by atoms with Crippen molar-refractivity contribution in [2.75, 3.05) is 11.8 Å². The van der Waals surface area contributed by atoms with Crippen LogP contribution in [0.5, 0.6) is 0 Å². The van der Waals surface area contributed by atoms with Crippen LogP contribution in [0.3, 0.4) is 0 Å². The van der Waals surface area contributed by atoms with Gasteiger partial charge in [0.25, 0.3) is 0 Å². The zero-order chi connectivity index (χ0) is 17.9. The van der Waals surface area contributed by atoms with E-state index < -0.39 is 11.8 Å². The van der Waals surface area contributed by atoms with Crippen LogP contribution in [0.4, 0.5) is 0 Å². The Kier molecular flexibility index (Phi) is 7.55. The average molecular weight is 445 g/mol. The molecule has 128 valence electrons. The van der Waals surface area contributed by atoms with Crippen LogP contribution in [-0.4, -0.2) is 17.5 Å². The van der Waals surface area contributed by atoms with Gasteiger partial charge in [-0.1, -0.05) is 58.5 Å². The normalized spacial score (nSPS) is 13.6. The smallest absolute Gasteiger partial charge is 0.150 e. The minimum absolute atomic E-state index is 0.0682. The summed E-state index contributed by atoms with van der Waals surface area (Å²) in [5.41, 5.74) is 1.22. The van der Waals surface area contributed by atoms with Crippen LogP contribution < -0.4 is 0 Å². The Hall–Kier alpha value is -0.150. The number of hydrogen-bond donors (Lipinski definition) is 0. The molecule has 2 atom stereocenters. The zero-order valence-corrected chi connectivity index (χ0v) is 16.7. The second-order valence-electron chi connectivity index (χ2n) is 5.15. The monoisotopic (exact) mass is 442 g/mol. The van der Waals surface area contributed by atoms with Gasteiger partial charge in [-0.05, 0) is 35.4 Å². The van der Waals surface area contributed by atoms with Crippen molar-refractivity contribution in [3.8, 4) is 0 Å².